The van der Waals surface area contributed by atoms with Gasteiger partial charge in [0.1, 0.15) is 0 Å². The van der Waals surface area contributed by atoms with Gasteiger partial charge in [0, 0.05) is 17.1 Å². The number of ketones is 1. The van der Waals surface area contributed by atoms with Crippen molar-refractivity contribution >= 4 is 51.2 Å². The predicted octanol–water partition coefficient (Wildman–Crippen LogP) is 5.08. The second-order valence-electron chi connectivity index (χ2n) is 4.26. The average Bonchev–Trinajstić information content (AvgIpc) is 2.95. The van der Waals surface area contributed by atoms with E-state index in [2.05, 4.69) is 4.98 Å². The summed E-state index contributed by atoms with van der Waals surface area (Å²) in [5.74, 6) is -0.0950. The van der Waals surface area contributed by atoms with Crippen molar-refractivity contribution in [2.45, 2.75) is 6.92 Å². The fourth-order valence-electron chi connectivity index (χ4n) is 2.02. The summed E-state index contributed by atoms with van der Waals surface area (Å²) in [4.78, 5) is 16.2. The lowest BCUT2D eigenvalue weighted by Gasteiger charge is -1.99. The van der Waals surface area contributed by atoms with Gasteiger partial charge in [0.2, 0.25) is 5.78 Å². The van der Waals surface area contributed by atoms with E-state index in [0.29, 0.717) is 20.5 Å². The van der Waals surface area contributed by atoms with Crippen molar-refractivity contribution in [2.75, 3.05) is 0 Å². The number of carbonyl (C=O) groups is 1. The molecule has 0 spiro atoms. The Labute approximate surface area is 124 Å². The van der Waals surface area contributed by atoms with Crippen molar-refractivity contribution < 1.29 is 4.79 Å². The standard InChI is InChI=1S/C14H9Cl2NOS/c1-7-6-19-14(12(7)16)13(18)8-5-17-10-4-2-3-9(15)11(8)10/h2-6,17H,1H3. The van der Waals surface area contributed by atoms with Gasteiger partial charge >= 0.3 is 0 Å². The van der Waals surface area contributed by atoms with Gasteiger partial charge in [-0.05, 0) is 30.0 Å². The number of hydrogen-bond acceptors (Lipinski definition) is 2. The maximum Gasteiger partial charge on any atom is 0.206 e. The van der Waals surface area contributed by atoms with Crippen molar-refractivity contribution in [3.05, 3.63) is 55.8 Å². The first-order valence-corrected chi connectivity index (χ1v) is 7.27. The molecular formula is C14H9Cl2NOS. The summed E-state index contributed by atoms with van der Waals surface area (Å²) in [5, 5.41) is 3.71. The number of nitrogens with one attached hydrogen (secondary N) is 1. The molecule has 0 bridgehead atoms. The molecule has 96 valence electrons. The van der Waals surface area contributed by atoms with Crippen LogP contribution in [0.25, 0.3) is 10.9 Å². The molecule has 0 atom stereocenters. The summed E-state index contributed by atoms with van der Waals surface area (Å²) in [7, 11) is 0. The summed E-state index contributed by atoms with van der Waals surface area (Å²) in [5.41, 5.74) is 2.32. The zero-order valence-electron chi connectivity index (χ0n) is 9.96. The minimum atomic E-state index is -0.0950. The quantitative estimate of drug-likeness (QED) is 0.658. The lowest BCUT2D eigenvalue weighted by Crippen LogP contribution is -1.98. The van der Waals surface area contributed by atoms with Crippen LogP contribution < -0.4 is 0 Å². The molecule has 19 heavy (non-hydrogen) atoms. The molecule has 2 nitrogen and oxygen atoms in total. The molecule has 0 aliphatic rings. The third-order valence-electron chi connectivity index (χ3n) is 3.00. The van der Waals surface area contributed by atoms with Crippen LogP contribution >= 0.6 is 34.5 Å². The van der Waals surface area contributed by atoms with E-state index in [1.807, 2.05) is 24.4 Å². The second kappa shape index (κ2) is 4.67. The number of rotatable bonds is 2. The highest BCUT2D eigenvalue weighted by Crippen LogP contribution is 2.33. The molecule has 0 aliphatic heterocycles. The molecular weight excluding hydrogens is 301 g/mol. The third-order valence-corrected chi connectivity index (χ3v) is 5.02. The van der Waals surface area contributed by atoms with Crippen LogP contribution in [-0.4, -0.2) is 10.8 Å². The number of halogens is 2. The van der Waals surface area contributed by atoms with Crippen LogP contribution in [0.2, 0.25) is 10.0 Å². The number of aryl methyl sites for hydroxylation is 1. The highest BCUT2D eigenvalue weighted by Gasteiger charge is 2.20. The Balaban J connectivity index is 2.20. The van der Waals surface area contributed by atoms with Crippen LogP contribution in [0.15, 0.2) is 29.8 Å². The second-order valence-corrected chi connectivity index (χ2v) is 5.92. The summed E-state index contributed by atoms with van der Waals surface area (Å²) < 4.78 is 0. The molecule has 2 heterocycles. The minimum Gasteiger partial charge on any atom is -0.360 e. The van der Waals surface area contributed by atoms with Crippen LogP contribution in [0.3, 0.4) is 0 Å². The van der Waals surface area contributed by atoms with Gasteiger partial charge in [0.25, 0.3) is 0 Å². The molecule has 3 aromatic rings. The first kappa shape index (κ1) is 12.7. The highest BCUT2D eigenvalue weighted by atomic mass is 35.5. The van der Waals surface area contributed by atoms with Crippen molar-refractivity contribution in [1.29, 1.82) is 0 Å². The minimum absolute atomic E-state index is 0.0950. The smallest absolute Gasteiger partial charge is 0.206 e. The molecule has 0 radical (unpaired) electrons. The zero-order chi connectivity index (χ0) is 13.6. The summed E-state index contributed by atoms with van der Waals surface area (Å²) >= 11 is 13.7. The molecule has 5 heteroatoms. The van der Waals surface area contributed by atoms with Crippen LogP contribution in [0, 0.1) is 6.92 Å². The lowest BCUT2D eigenvalue weighted by molar-refractivity contribution is 0.104. The Kier molecular flexibility index (Phi) is 3.13. The van der Waals surface area contributed by atoms with E-state index in [-0.39, 0.29) is 5.78 Å². The van der Waals surface area contributed by atoms with E-state index in [1.54, 1.807) is 12.3 Å². The van der Waals surface area contributed by atoms with E-state index in [4.69, 9.17) is 23.2 Å². The molecule has 0 unspecified atom stereocenters. The van der Waals surface area contributed by atoms with Crippen molar-refractivity contribution in [3.8, 4) is 0 Å². The molecule has 1 aromatic carbocycles. The van der Waals surface area contributed by atoms with E-state index in [9.17, 15) is 4.79 Å². The number of aromatic amines is 1. The zero-order valence-corrected chi connectivity index (χ0v) is 12.3. The number of H-pyrrole nitrogens is 1. The normalized spacial score (nSPS) is 11.1. The van der Waals surface area contributed by atoms with Gasteiger partial charge in [-0.1, -0.05) is 29.3 Å². The molecule has 1 N–H and O–H groups in total. The van der Waals surface area contributed by atoms with Crippen LogP contribution in [0.4, 0.5) is 0 Å². The van der Waals surface area contributed by atoms with Gasteiger partial charge in [0.05, 0.1) is 20.5 Å². The monoisotopic (exact) mass is 309 g/mol. The predicted molar refractivity (Wildman–Crippen MR) is 80.8 cm³/mol. The summed E-state index contributed by atoms with van der Waals surface area (Å²) in [6, 6.07) is 5.51. The fraction of sp³-hybridized carbons (Fsp3) is 0.0714. The Morgan fingerprint density at radius 2 is 2.11 bits per heavy atom. The molecule has 0 saturated heterocycles. The van der Waals surface area contributed by atoms with Crippen molar-refractivity contribution in [3.63, 3.8) is 0 Å². The molecule has 0 saturated carbocycles. The summed E-state index contributed by atoms with van der Waals surface area (Å²) in [6.07, 6.45) is 1.68. The SMILES string of the molecule is Cc1csc(C(=O)c2c[nH]c3cccc(Cl)c23)c1Cl. The topological polar surface area (TPSA) is 32.9 Å². The van der Waals surface area contributed by atoms with E-state index >= 15 is 0 Å². The highest BCUT2D eigenvalue weighted by molar-refractivity contribution is 7.13. The third kappa shape index (κ3) is 1.98. The molecule has 0 amide bonds. The Hall–Kier alpha value is -1.29. The fourth-order valence-corrected chi connectivity index (χ4v) is 3.53. The van der Waals surface area contributed by atoms with Gasteiger partial charge in [-0.2, -0.15) is 0 Å². The van der Waals surface area contributed by atoms with E-state index in [1.165, 1.54) is 11.3 Å². The van der Waals surface area contributed by atoms with Crippen molar-refractivity contribution in [1.82, 2.24) is 4.98 Å². The van der Waals surface area contributed by atoms with Gasteiger partial charge < -0.3 is 4.98 Å². The number of carbonyl (C=O) groups excluding carboxylic acids is 1. The largest absolute Gasteiger partial charge is 0.360 e. The maximum absolute atomic E-state index is 12.6. The number of benzene rings is 1. The average molecular weight is 310 g/mol. The lowest BCUT2D eigenvalue weighted by atomic mass is 10.1. The Bertz CT molecular complexity index is 788. The van der Waals surface area contributed by atoms with Crippen LogP contribution in [0.1, 0.15) is 20.8 Å². The molecule has 2 aromatic heterocycles. The first-order chi connectivity index (χ1) is 9.09. The number of thiophene rings is 1. The number of aromatic nitrogens is 1. The van der Waals surface area contributed by atoms with E-state index in [0.717, 1.165) is 16.5 Å². The number of fused-ring (bicyclic) bond motifs is 1. The van der Waals surface area contributed by atoms with Gasteiger partial charge in [-0.25, -0.2) is 0 Å². The van der Waals surface area contributed by atoms with Gasteiger partial charge in [-0.3, -0.25) is 4.79 Å². The van der Waals surface area contributed by atoms with Crippen LogP contribution in [-0.2, 0) is 0 Å². The van der Waals surface area contributed by atoms with E-state index < -0.39 is 0 Å². The molecule has 0 aliphatic carbocycles. The number of hydrogen-bond donors (Lipinski definition) is 1. The van der Waals surface area contributed by atoms with Gasteiger partial charge in [0.15, 0.2) is 0 Å². The van der Waals surface area contributed by atoms with Gasteiger partial charge in [-0.15, -0.1) is 11.3 Å². The maximum atomic E-state index is 12.6. The molecule has 3 rings (SSSR count). The Morgan fingerprint density at radius 3 is 2.79 bits per heavy atom. The Morgan fingerprint density at radius 1 is 1.32 bits per heavy atom. The molecule has 0 fully saturated rings. The first-order valence-electron chi connectivity index (χ1n) is 5.63. The van der Waals surface area contributed by atoms with Crippen molar-refractivity contribution in [2.24, 2.45) is 0 Å². The van der Waals surface area contributed by atoms with Crippen LogP contribution in [0.5, 0.6) is 0 Å². The summed E-state index contributed by atoms with van der Waals surface area (Å²) in [6.45, 7) is 1.89.